The van der Waals surface area contributed by atoms with Crippen molar-refractivity contribution < 1.29 is 23.1 Å². The number of carbonyl (C=O) groups excluding carboxylic acids is 1. The third-order valence-corrected chi connectivity index (χ3v) is 3.71. The molecular weight excluding hydrogens is 306 g/mol. The van der Waals surface area contributed by atoms with E-state index in [2.05, 4.69) is 5.32 Å². The summed E-state index contributed by atoms with van der Waals surface area (Å²) < 4.78 is 22.4. The van der Waals surface area contributed by atoms with E-state index in [1.54, 1.807) is 19.1 Å². The van der Waals surface area contributed by atoms with Crippen molar-refractivity contribution in [3.05, 3.63) is 47.5 Å². The fraction of sp³-hybridized carbons (Fsp3) is 0.333. The molecule has 0 aliphatic heterocycles. The second-order valence-corrected chi connectivity index (χ2v) is 7.08. The van der Waals surface area contributed by atoms with Crippen LogP contribution in [0.4, 0.5) is 0 Å². The van der Waals surface area contributed by atoms with E-state index >= 15 is 0 Å². The highest BCUT2D eigenvalue weighted by Gasteiger charge is 2.19. The van der Waals surface area contributed by atoms with Gasteiger partial charge in [-0.25, -0.2) is 13.2 Å². The lowest BCUT2D eigenvalue weighted by atomic mass is 10.1. The van der Waals surface area contributed by atoms with Crippen LogP contribution in [0.2, 0.25) is 0 Å². The standard InChI is InChI=1S/C15H19NO5S/c1-3-4-5-13(15(18)19)16-14(17)12-8-6-11(7-9-12)10-22(2,20)21/h3-4,6-9,13H,5,10H2,1-2H3,(H,16,17)(H,18,19)/b4-3+. The predicted octanol–water partition coefficient (Wildman–Crippen LogP) is 1.38. The molecule has 0 bridgehead atoms. The third-order valence-electron chi connectivity index (χ3n) is 2.86. The summed E-state index contributed by atoms with van der Waals surface area (Å²) >= 11 is 0. The van der Waals surface area contributed by atoms with Crippen LogP contribution in [0.15, 0.2) is 36.4 Å². The van der Waals surface area contributed by atoms with Crippen LogP contribution in [0, 0.1) is 0 Å². The highest BCUT2D eigenvalue weighted by atomic mass is 32.2. The summed E-state index contributed by atoms with van der Waals surface area (Å²) in [7, 11) is -3.14. The Morgan fingerprint density at radius 3 is 2.32 bits per heavy atom. The number of hydrogen-bond donors (Lipinski definition) is 2. The normalized spacial score (nSPS) is 13.0. The molecule has 1 atom stereocenters. The Morgan fingerprint density at radius 1 is 1.27 bits per heavy atom. The van der Waals surface area contributed by atoms with Gasteiger partial charge in [-0.1, -0.05) is 24.3 Å². The maximum Gasteiger partial charge on any atom is 0.326 e. The van der Waals surface area contributed by atoms with Gasteiger partial charge in [0, 0.05) is 11.8 Å². The molecule has 7 heteroatoms. The van der Waals surface area contributed by atoms with Gasteiger partial charge in [-0.2, -0.15) is 0 Å². The summed E-state index contributed by atoms with van der Waals surface area (Å²) in [6.07, 6.45) is 4.70. The van der Waals surface area contributed by atoms with E-state index < -0.39 is 27.8 Å². The molecule has 2 N–H and O–H groups in total. The summed E-state index contributed by atoms with van der Waals surface area (Å²) in [6, 6.07) is 5.03. The SMILES string of the molecule is C/C=C/CC(NC(=O)c1ccc(CS(C)(=O)=O)cc1)C(=O)O. The molecule has 0 saturated heterocycles. The Balaban J connectivity index is 2.78. The molecule has 0 radical (unpaired) electrons. The zero-order chi connectivity index (χ0) is 16.8. The van der Waals surface area contributed by atoms with Crippen LogP contribution in [0.3, 0.4) is 0 Å². The molecule has 6 nitrogen and oxygen atoms in total. The quantitative estimate of drug-likeness (QED) is 0.738. The van der Waals surface area contributed by atoms with Crippen LogP contribution in [0.1, 0.15) is 29.3 Å². The highest BCUT2D eigenvalue weighted by Crippen LogP contribution is 2.08. The van der Waals surface area contributed by atoms with Crippen LogP contribution in [-0.4, -0.2) is 37.7 Å². The van der Waals surface area contributed by atoms with Crippen molar-refractivity contribution in [3.63, 3.8) is 0 Å². The second kappa shape index (κ2) is 7.74. The summed E-state index contributed by atoms with van der Waals surface area (Å²) in [5, 5.41) is 11.5. The summed E-state index contributed by atoms with van der Waals surface area (Å²) in [5.74, 6) is -1.73. The maximum absolute atomic E-state index is 12.0. The van der Waals surface area contributed by atoms with Crippen molar-refractivity contribution in [1.82, 2.24) is 5.32 Å². The number of allylic oxidation sites excluding steroid dienone is 1. The Morgan fingerprint density at radius 2 is 1.86 bits per heavy atom. The van der Waals surface area contributed by atoms with Crippen molar-refractivity contribution in [1.29, 1.82) is 0 Å². The van der Waals surface area contributed by atoms with Gasteiger partial charge in [0.2, 0.25) is 0 Å². The van der Waals surface area contributed by atoms with Crippen LogP contribution < -0.4 is 5.32 Å². The Bertz CT molecular complexity index is 662. The number of carbonyl (C=O) groups is 2. The van der Waals surface area contributed by atoms with E-state index in [1.165, 1.54) is 24.3 Å². The molecule has 22 heavy (non-hydrogen) atoms. The van der Waals surface area contributed by atoms with Crippen molar-refractivity contribution in [2.24, 2.45) is 0 Å². The van der Waals surface area contributed by atoms with Crippen molar-refractivity contribution in [3.8, 4) is 0 Å². The van der Waals surface area contributed by atoms with E-state index in [9.17, 15) is 18.0 Å². The Labute approximate surface area is 129 Å². The van der Waals surface area contributed by atoms with Crippen molar-refractivity contribution in [2.75, 3.05) is 6.26 Å². The van der Waals surface area contributed by atoms with Gasteiger partial charge in [0.1, 0.15) is 6.04 Å². The lowest BCUT2D eigenvalue weighted by Gasteiger charge is -2.12. The first-order valence-electron chi connectivity index (χ1n) is 6.64. The smallest absolute Gasteiger partial charge is 0.326 e. The molecule has 0 fully saturated rings. The van der Waals surface area contributed by atoms with E-state index in [-0.39, 0.29) is 17.7 Å². The predicted molar refractivity (Wildman–Crippen MR) is 83.3 cm³/mol. The topological polar surface area (TPSA) is 101 Å². The minimum absolute atomic E-state index is 0.103. The fourth-order valence-electron chi connectivity index (χ4n) is 1.79. The zero-order valence-corrected chi connectivity index (χ0v) is 13.3. The van der Waals surface area contributed by atoms with Crippen molar-refractivity contribution >= 4 is 21.7 Å². The molecular formula is C15H19NO5S. The van der Waals surface area contributed by atoms with Gasteiger partial charge in [0.05, 0.1) is 5.75 Å². The molecule has 1 aromatic carbocycles. The number of rotatable bonds is 7. The number of sulfone groups is 1. The van der Waals surface area contributed by atoms with E-state index in [0.29, 0.717) is 5.56 Å². The first kappa shape index (κ1) is 17.9. The Kier molecular flexibility index (Phi) is 6.30. The number of nitrogens with one attached hydrogen (secondary N) is 1. The molecule has 1 rings (SSSR count). The monoisotopic (exact) mass is 325 g/mol. The molecule has 1 unspecified atom stereocenters. The molecule has 0 aliphatic rings. The summed E-state index contributed by atoms with van der Waals surface area (Å²) in [4.78, 5) is 23.1. The largest absolute Gasteiger partial charge is 0.480 e. The van der Waals surface area contributed by atoms with Crippen LogP contribution >= 0.6 is 0 Å². The average Bonchev–Trinajstić information content (AvgIpc) is 2.42. The van der Waals surface area contributed by atoms with Gasteiger partial charge in [-0.15, -0.1) is 0 Å². The number of hydrogen-bond acceptors (Lipinski definition) is 4. The number of carboxylic acid groups (broad SMARTS) is 1. The van der Waals surface area contributed by atoms with E-state index in [0.717, 1.165) is 6.26 Å². The zero-order valence-electron chi connectivity index (χ0n) is 12.4. The second-order valence-electron chi connectivity index (χ2n) is 4.94. The van der Waals surface area contributed by atoms with Gasteiger partial charge < -0.3 is 10.4 Å². The van der Waals surface area contributed by atoms with Crippen molar-refractivity contribution in [2.45, 2.75) is 25.1 Å². The molecule has 1 aromatic rings. The molecule has 0 aliphatic carbocycles. The average molecular weight is 325 g/mol. The molecule has 1 amide bonds. The fourth-order valence-corrected chi connectivity index (χ4v) is 2.59. The molecule has 0 aromatic heterocycles. The Hall–Kier alpha value is -2.15. The first-order chi connectivity index (χ1) is 10.2. The van der Waals surface area contributed by atoms with Crippen LogP contribution in [-0.2, 0) is 20.4 Å². The molecule has 0 heterocycles. The van der Waals surface area contributed by atoms with Gasteiger partial charge in [-0.3, -0.25) is 4.79 Å². The van der Waals surface area contributed by atoms with E-state index in [1.807, 2.05) is 0 Å². The minimum Gasteiger partial charge on any atom is -0.480 e. The van der Waals surface area contributed by atoms with Gasteiger partial charge >= 0.3 is 5.97 Å². The molecule has 0 spiro atoms. The van der Waals surface area contributed by atoms with Gasteiger partial charge in [0.25, 0.3) is 5.91 Å². The van der Waals surface area contributed by atoms with Gasteiger partial charge in [0.15, 0.2) is 9.84 Å². The number of benzene rings is 1. The highest BCUT2D eigenvalue weighted by molar-refractivity contribution is 7.89. The van der Waals surface area contributed by atoms with Gasteiger partial charge in [-0.05, 0) is 31.0 Å². The lowest BCUT2D eigenvalue weighted by molar-refractivity contribution is -0.139. The lowest BCUT2D eigenvalue weighted by Crippen LogP contribution is -2.40. The molecule has 0 saturated carbocycles. The van der Waals surface area contributed by atoms with E-state index in [4.69, 9.17) is 5.11 Å². The number of aliphatic carboxylic acids is 1. The third kappa shape index (κ3) is 6.09. The first-order valence-corrected chi connectivity index (χ1v) is 8.70. The van der Waals surface area contributed by atoms with Crippen LogP contribution in [0.5, 0.6) is 0 Å². The maximum atomic E-state index is 12.0. The number of amides is 1. The summed E-state index contributed by atoms with van der Waals surface area (Å²) in [6.45, 7) is 1.77. The minimum atomic E-state index is -3.14. The number of carboxylic acids is 1. The summed E-state index contributed by atoms with van der Waals surface area (Å²) in [5.41, 5.74) is 0.853. The van der Waals surface area contributed by atoms with Crippen LogP contribution in [0.25, 0.3) is 0 Å². The molecule has 120 valence electrons.